The van der Waals surface area contributed by atoms with Crippen molar-refractivity contribution in [3.8, 4) is 0 Å². The molecule has 0 aromatic heterocycles. The van der Waals surface area contributed by atoms with Crippen LogP contribution in [0, 0.1) is 0 Å². The first kappa shape index (κ1) is 14.3. The first-order chi connectivity index (χ1) is 9.24. The molecular formula is C17H18S2. The zero-order chi connectivity index (χ0) is 13.5. The van der Waals surface area contributed by atoms with E-state index in [1.165, 1.54) is 15.4 Å². The molecular weight excluding hydrogens is 268 g/mol. The summed E-state index contributed by atoms with van der Waals surface area (Å²) < 4.78 is 0.412. The predicted molar refractivity (Wildman–Crippen MR) is 87.8 cm³/mol. The lowest BCUT2D eigenvalue weighted by molar-refractivity contribution is 1.34. The molecule has 0 spiro atoms. The Kier molecular flexibility index (Phi) is 5.62. The van der Waals surface area contributed by atoms with Gasteiger partial charge in [-0.05, 0) is 38.1 Å². The van der Waals surface area contributed by atoms with Crippen LogP contribution in [0.1, 0.15) is 13.8 Å². The Hall–Kier alpha value is -1.12. The minimum absolute atomic E-state index is 0.412. The number of rotatable bonds is 5. The van der Waals surface area contributed by atoms with Crippen LogP contribution < -0.4 is 0 Å². The van der Waals surface area contributed by atoms with E-state index in [1.807, 2.05) is 23.5 Å². The van der Waals surface area contributed by atoms with E-state index < -0.39 is 0 Å². The number of allylic oxidation sites excluding steroid dienone is 1. The van der Waals surface area contributed by atoms with Gasteiger partial charge in [0.2, 0.25) is 0 Å². The molecule has 0 atom stereocenters. The van der Waals surface area contributed by atoms with Crippen LogP contribution in [0.3, 0.4) is 0 Å². The highest BCUT2D eigenvalue weighted by Crippen LogP contribution is 2.36. The molecule has 0 unspecified atom stereocenters. The van der Waals surface area contributed by atoms with Crippen molar-refractivity contribution in [3.05, 3.63) is 72.3 Å². The van der Waals surface area contributed by atoms with E-state index in [9.17, 15) is 0 Å². The normalized spacial score (nSPS) is 10.5. The third-order valence-corrected chi connectivity index (χ3v) is 4.86. The van der Waals surface area contributed by atoms with Gasteiger partial charge >= 0.3 is 0 Å². The summed E-state index contributed by atoms with van der Waals surface area (Å²) in [4.78, 5) is 2.63. The lowest BCUT2D eigenvalue weighted by Gasteiger charge is -2.13. The van der Waals surface area contributed by atoms with Crippen LogP contribution in [0.4, 0.5) is 0 Å². The van der Waals surface area contributed by atoms with Crippen molar-refractivity contribution in [2.24, 2.45) is 0 Å². The number of hydrogen-bond acceptors (Lipinski definition) is 2. The van der Waals surface area contributed by atoms with Gasteiger partial charge in [0.25, 0.3) is 0 Å². The maximum absolute atomic E-state index is 2.33. The average Bonchev–Trinajstić information content (AvgIpc) is 2.40. The van der Waals surface area contributed by atoms with Crippen LogP contribution in [-0.2, 0) is 0 Å². The Morgan fingerprint density at radius 2 is 1.21 bits per heavy atom. The molecule has 0 fully saturated rings. The van der Waals surface area contributed by atoms with Crippen molar-refractivity contribution >= 4 is 23.5 Å². The monoisotopic (exact) mass is 286 g/mol. The molecule has 0 radical (unpaired) electrons. The van der Waals surface area contributed by atoms with Gasteiger partial charge in [-0.15, -0.1) is 23.5 Å². The maximum Gasteiger partial charge on any atom is 0.0779 e. The van der Waals surface area contributed by atoms with E-state index in [0.29, 0.717) is 4.58 Å². The molecule has 0 saturated carbocycles. The van der Waals surface area contributed by atoms with E-state index in [4.69, 9.17) is 0 Å². The van der Waals surface area contributed by atoms with Gasteiger partial charge in [0, 0.05) is 9.79 Å². The van der Waals surface area contributed by atoms with Gasteiger partial charge < -0.3 is 0 Å². The summed E-state index contributed by atoms with van der Waals surface area (Å²) in [5.41, 5.74) is 1.36. The number of thioether (sulfide) groups is 2. The Balaban J connectivity index is 2.11. The lowest BCUT2D eigenvalue weighted by atomic mass is 10.3. The maximum atomic E-state index is 2.33. The minimum atomic E-state index is 0.412. The summed E-state index contributed by atoms with van der Waals surface area (Å²) in [5.74, 6) is 0. The van der Waals surface area contributed by atoms with E-state index in [2.05, 4.69) is 80.6 Å². The topological polar surface area (TPSA) is 0 Å². The smallest absolute Gasteiger partial charge is 0.0779 e. The molecule has 0 N–H and O–H groups in total. The van der Waals surface area contributed by atoms with Crippen molar-refractivity contribution < 1.29 is 0 Å². The zero-order valence-corrected chi connectivity index (χ0v) is 12.9. The van der Waals surface area contributed by atoms with Gasteiger partial charge in [0.05, 0.1) is 4.58 Å². The largest absolute Gasteiger partial charge is 0.107 e. The Bertz CT molecular complexity index is 472. The van der Waals surface area contributed by atoms with Crippen molar-refractivity contribution in [2.75, 3.05) is 0 Å². The number of benzene rings is 2. The van der Waals surface area contributed by atoms with Gasteiger partial charge in [0.15, 0.2) is 0 Å². The van der Waals surface area contributed by atoms with Crippen molar-refractivity contribution in [2.45, 2.75) is 28.2 Å². The van der Waals surface area contributed by atoms with Crippen LogP contribution in [0.15, 0.2) is 82.1 Å². The van der Waals surface area contributed by atoms with E-state index in [-0.39, 0.29) is 0 Å². The molecule has 0 aliphatic rings. The van der Waals surface area contributed by atoms with Crippen LogP contribution in [0.25, 0.3) is 0 Å². The van der Waals surface area contributed by atoms with Gasteiger partial charge in [-0.25, -0.2) is 0 Å². The molecule has 98 valence electrons. The highest BCUT2D eigenvalue weighted by molar-refractivity contribution is 8.17. The molecule has 0 saturated heterocycles. The standard InChI is InChI=1S/C17H18S2/c1-14(2)13-17(18-15-9-5-3-6-10-15)19-16-11-7-4-8-12-16/h3-13,17H,1-2H3. The SMILES string of the molecule is CC(C)=CC(Sc1ccccc1)Sc1ccccc1. The van der Waals surface area contributed by atoms with Crippen molar-refractivity contribution in [3.63, 3.8) is 0 Å². The summed E-state index contributed by atoms with van der Waals surface area (Å²) in [5, 5.41) is 0. The average molecular weight is 286 g/mol. The van der Waals surface area contributed by atoms with Crippen LogP contribution in [0.2, 0.25) is 0 Å². The first-order valence-electron chi connectivity index (χ1n) is 6.32. The summed E-state index contributed by atoms with van der Waals surface area (Å²) >= 11 is 3.80. The molecule has 0 bridgehead atoms. The molecule has 2 heteroatoms. The second-order valence-corrected chi connectivity index (χ2v) is 7.20. The zero-order valence-electron chi connectivity index (χ0n) is 11.2. The molecule has 2 aromatic carbocycles. The van der Waals surface area contributed by atoms with Gasteiger partial charge in [0.1, 0.15) is 0 Å². The van der Waals surface area contributed by atoms with Gasteiger partial charge in [-0.3, -0.25) is 0 Å². The third-order valence-electron chi connectivity index (χ3n) is 2.46. The Labute approximate surface area is 124 Å². The quantitative estimate of drug-likeness (QED) is 0.383. The second-order valence-electron chi connectivity index (χ2n) is 4.47. The van der Waals surface area contributed by atoms with Crippen molar-refractivity contribution in [1.29, 1.82) is 0 Å². The predicted octanol–water partition coefficient (Wildman–Crippen LogP) is 5.86. The van der Waals surface area contributed by atoms with Crippen LogP contribution in [0.5, 0.6) is 0 Å². The lowest BCUT2D eigenvalue weighted by Crippen LogP contribution is -1.93. The summed E-state index contributed by atoms with van der Waals surface area (Å²) in [6, 6.07) is 21.2. The molecule has 19 heavy (non-hydrogen) atoms. The number of hydrogen-bond donors (Lipinski definition) is 0. The molecule has 2 aromatic rings. The minimum Gasteiger partial charge on any atom is -0.107 e. The fourth-order valence-corrected chi connectivity index (χ4v) is 4.34. The van der Waals surface area contributed by atoms with Crippen LogP contribution in [-0.4, -0.2) is 4.58 Å². The third kappa shape index (κ3) is 5.17. The molecule has 2 rings (SSSR count). The molecule has 0 amide bonds. The van der Waals surface area contributed by atoms with Crippen molar-refractivity contribution in [1.82, 2.24) is 0 Å². The van der Waals surface area contributed by atoms with Crippen LogP contribution >= 0.6 is 23.5 Å². The van der Waals surface area contributed by atoms with Gasteiger partial charge in [-0.2, -0.15) is 0 Å². The van der Waals surface area contributed by atoms with E-state index in [1.54, 1.807) is 0 Å². The summed E-state index contributed by atoms with van der Waals surface area (Å²) in [7, 11) is 0. The fraction of sp³-hybridized carbons (Fsp3) is 0.176. The molecule has 0 aliphatic heterocycles. The second kappa shape index (κ2) is 7.46. The molecule has 0 nitrogen and oxygen atoms in total. The molecule has 0 aliphatic carbocycles. The highest BCUT2D eigenvalue weighted by Gasteiger charge is 2.09. The first-order valence-corrected chi connectivity index (χ1v) is 8.08. The van der Waals surface area contributed by atoms with E-state index in [0.717, 1.165) is 0 Å². The van der Waals surface area contributed by atoms with E-state index >= 15 is 0 Å². The van der Waals surface area contributed by atoms with Gasteiger partial charge in [-0.1, -0.05) is 48.0 Å². The summed E-state index contributed by atoms with van der Waals surface area (Å²) in [6.45, 7) is 4.31. The Morgan fingerprint density at radius 1 is 0.789 bits per heavy atom. The molecule has 0 heterocycles. The Morgan fingerprint density at radius 3 is 1.58 bits per heavy atom. The summed E-state index contributed by atoms with van der Waals surface area (Å²) in [6.07, 6.45) is 2.33. The highest BCUT2D eigenvalue weighted by atomic mass is 32.2. The fourth-order valence-electron chi connectivity index (χ4n) is 1.63.